The molecule has 0 heterocycles. The fourth-order valence-corrected chi connectivity index (χ4v) is 4.01. The lowest BCUT2D eigenvalue weighted by Crippen LogP contribution is -2.41. The number of benzene rings is 2. The Morgan fingerprint density at radius 3 is 2.53 bits per heavy atom. The summed E-state index contributed by atoms with van der Waals surface area (Å²) in [5.41, 5.74) is 4.12. The number of hydrogen-bond acceptors (Lipinski definition) is 6. The Labute approximate surface area is 233 Å². The summed E-state index contributed by atoms with van der Waals surface area (Å²) in [5.74, 6) is 1.58. The number of carbonyl (C=O) groups is 1. The van der Waals surface area contributed by atoms with Crippen LogP contribution in [0, 0.1) is 0 Å². The molecule has 0 aliphatic heterocycles. The average molecular weight is 543 g/mol. The molecule has 0 fully saturated rings. The van der Waals surface area contributed by atoms with E-state index < -0.39 is 6.23 Å². The predicted molar refractivity (Wildman–Crippen MR) is 157 cm³/mol. The van der Waals surface area contributed by atoms with Crippen molar-refractivity contribution < 1.29 is 14.6 Å². The monoisotopic (exact) mass is 542 g/mol. The standard InChI is InChI=1S/C30H43ClN4O3/c1-6-15-32-29(24(3)20-35(22-37)16-8-17-36)33-30(23(2)18-25-11-13-27(31)14-12-25)38-28-10-7-9-26(19-28)21-34(4)5/h7,9-14,18-19,22,30,32-33,36H,6,8,15-17,20-21H2,1-5H3/b23-18-,29-24+. The minimum Gasteiger partial charge on any atom is -0.467 e. The minimum atomic E-state index is -0.475. The summed E-state index contributed by atoms with van der Waals surface area (Å²) >= 11 is 6.09. The van der Waals surface area contributed by atoms with Crippen molar-refractivity contribution in [2.75, 3.05) is 40.3 Å². The van der Waals surface area contributed by atoms with Crippen molar-refractivity contribution in [2.24, 2.45) is 0 Å². The zero-order valence-corrected chi connectivity index (χ0v) is 24.1. The maximum absolute atomic E-state index is 11.6. The van der Waals surface area contributed by atoms with Gasteiger partial charge in [-0.2, -0.15) is 0 Å². The molecule has 7 nitrogen and oxygen atoms in total. The first-order chi connectivity index (χ1) is 18.2. The number of ether oxygens (including phenoxy) is 1. The molecular formula is C30H43ClN4O3. The Hall–Kier alpha value is -3.00. The van der Waals surface area contributed by atoms with Crippen LogP contribution in [0.5, 0.6) is 5.75 Å². The van der Waals surface area contributed by atoms with Crippen molar-refractivity contribution in [3.63, 3.8) is 0 Å². The van der Waals surface area contributed by atoms with E-state index in [-0.39, 0.29) is 6.61 Å². The fourth-order valence-electron chi connectivity index (χ4n) is 3.88. The van der Waals surface area contributed by atoms with E-state index in [0.29, 0.717) is 24.5 Å². The Morgan fingerprint density at radius 2 is 1.89 bits per heavy atom. The van der Waals surface area contributed by atoms with E-state index in [1.54, 1.807) is 4.90 Å². The Kier molecular flexibility index (Phi) is 13.8. The van der Waals surface area contributed by atoms with Gasteiger partial charge >= 0.3 is 0 Å². The number of aliphatic hydroxyl groups excluding tert-OH is 1. The van der Waals surface area contributed by atoms with Gasteiger partial charge in [0.15, 0.2) is 6.23 Å². The number of aliphatic hydroxyl groups is 1. The molecule has 0 saturated heterocycles. The molecule has 1 unspecified atom stereocenters. The zero-order valence-electron chi connectivity index (χ0n) is 23.3. The Morgan fingerprint density at radius 1 is 1.16 bits per heavy atom. The van der Waals surface area contributed by atoms with E-state index in [1.807, 2.05) is 64.3 Å². The second-order valence-corrected chi connectivity index (χ2v) is 10.1. The number of halogens is 1. The smallest absolute Gasteiger partial charge is 0.209 e. The molecule has 0 aromatic heterocycles. The van der Waals surface area contributed by atoms with Crippen LogP contribution in [0.15, 0.2) is 65.5 Å². The van der Waals surface area contributed by atoms with Crippen molar-refractivity contribution in [3.05, 3.63) is 81.6 Å². The summed E-state index contributed by atoms with van der Waals surface area (Å²) in [6.45, 7) is 8.68. The van der Waals surface area contributed by atoms with Crippen LogP contribution in [0.2, 0.25) is 5.02 Å². The number of amides is 1. The van der Waals surface area contributed by atoms with E-state index in [9.17, 15) is 9.90 Å². The van der Waals surface area contributed by atoms with Gasteiger partial charge < -0.3 is 30.3 Å². The second kappa shape index (κ2) is 16.8. The van der Waals surface area contributed by atoms with Crippen LogP contribution in [-0.2, 0) is 11.3 Å². The van der Waals surface area contributed by atoms with E-state index in [2.05, 4.69) is 40.7 Å². The SMILES string of the molecule is CCCN/C(NC(Oc1cccc(CN(C)C)c1)/C(C)=C\c1ccc(Cl)cc1)=C(/C)CN(C=O)CCCO. The summed E-state index contributed by atoms with van der Waals surface area (Å²) in [6.07, 6.45) is 3.90. The van der Waals surface area contributed by atoms with Crippen LogP contribution in [-0.4, -0.2) is 67.9 Å². The summed E-state index contributed by atoms with van der Waals surface area (Å²) in [6, 6.07) is 15.8. The molecule has 38 heavy (non-hydrogen) atoms. The molecule has 1 amide bonds. The van der Waals surface area contributed by atoms with Crippen molar-refractivity contribution in [2.45, 2.75) is 46.4 Å². The van der Waals surface area contributed by atoms with E-state index in [0.717, 1.165) is 59.8 Å². The second-order valence-electron chi connectivity index (χ2n) is 9.70. The molecule has 3 N–H and O–H groups in total. The number of rotatable bonds is 17. The molecule has 8 heteroatoms. The molecule has 2 aromatic carbocycles. The van der Waals surface area contributed by atoms with Gasteiger partial charge in [0.2, 0.25) is 6.41 Å². The van der Waals surface area contributed by atoms with Crippen molar-refractivity contribution in [1.29, 1.82) is 0 Å². The average Bonchev–Trinajstić information content (AvgIpc) is 2.89. The van der Waals surface area contributed by atoms with Crippen LogP contribution in [0.4, 0.5) is 0 Å². The topological polar surface area (TPSA) is 77.1 Å². The van der Waals surface area contributed by atoms with Gasteiger partial charge in [-0.3, -0.25) is 4.79 Å². The van der Waals surface area contributed by atoms with Crippen molar-refractivity contribution >= 4 is 24.1 Å². The third kappa shape index (κ3) is 11.2. The van der Waals surface area contributed by atoms with Gasteiger partial charge in [-0.05, 0) is 87.3 Å². The van der Waals surface area contributed by atoms with E-state index in [4.69, 9.17) is 16.3 Å². The van der Waals surface area contributed by atoms with Gasteiger partial charge in [-0.25, -0.2) is 0 Å². The highest BCUT2D eigenvalue weighted by atomic mass is 35.5. The number of nitrogens with zero attached hydrogens (tertiary/aromatic N) is 2. The normalized spacial score (nSPS) is 13.1. The third-order valence-corrected chi connectivity index (χ3v) is 6.03. The number of hydrogen-bond donors (Lipinski definition) is 3. The Balaban J connectivity index is 2.41. The molecule has 2 aromatic rings. The quantitative estimate of drug-likeness (QED) is 0.195. The van der Waals surface area contributed by atoms with Gasteiger partial charge in [0.1, 0.15) is 11.6 Å². The van der Waals surface area contributed by atoms with Gasteiger partial charge in [0, 0.05) is 37.8 Å². The molecule has 208 valence electrons. The van der Waals surface area contributed by atoms with Gasteiger partial charge in [-0.15, -0.1) is 0 Å². The lowest BCUT2D eigenvalue weighted by molar-refractivity contribution is -0.117. The predicted octanol–water partition coefficient (Wildman–Crippen LogP) is 4.87. The molecule has 0 bridgehead atoms. The first-order valence-electron chi connectivity index (χ1n) is 13.1. The third-order valence-electron chi connectivity index (χ3n) is 5.78. The molecule has 0 spiro atoms. The molecular weight excluding hydrogens is 500 g/mol. The van der Waals surface area contributed by atoms with Crippen molar-refractivity contribution in [3.8, 4) is 5.75 Å². The summed E-state index contributed by atoms with van der Waals surface area (Å²) < 4.78 is 6.54. The molecule has 0 aliphatic carbocycles. The van der Waals surface area contributed by atoms with E-state index in [1.165, 1.54) is 0 Å². The lowest BCUT2D eigenvalue weighted by Gasteiger charge is -2.27. The maximum Gasteiger partial charge on any atom is 0.209 e. The first-order valence-corrected chi connectivity index (χ1v) is 13.5. The van der Waals surface area contributed by atoms with Gasteiger partial charge in [0.05, 0.1) is 0 Å². The van der Waals surface area contributed by atoms with E-state index >= 15 is 0 Å². The van der Waals surface area contributed by atoms with Crippen LogP contribution in [0.1, 0.15) is 44.7 Å². The molecule has 1 atom stereocenters. The lowest BCUT2D eigenvalue weighted by atomic mass is 10.1. The molecule has 0 saturated carbocycles. The molecule has 2 rings (SSSR count). The summed E-state index contributed by atoms with van der Waals surface area (Å²) in [5, 5.41) is 16.9. The van der Waals surface area contributed by atoms with Crippen LogP contribution in [0.3, 0.4) is 0 Å². The largest absolute Gasteiger partial charge is 0.467 e. The first kappa shape index (κ1) is 31.2. The minimum absolute atomic E-state index is 0.0454. The fraction of sp³-hybridized carbons (Fsp3) is 0.433. The zero-order chi connectivity index (χ0) is 27.9. The molecule has 0 radical (unpaired) electrons. The van der Waals surface area contributed by atoms with Crippen LogP contribution < -0.4 is 15.4 Å². The highest BCUT2D eigenvalue weighted by molar-refractivity contribution is 6.30. The molecule has 0 aliphatic rings. The highest BCUT2D eigenvalue weighted by Crippen LogP contribution is 2.21. The van der Waals surface area contributed by atoms with Gasteiger partial charge in [0.25, 0.3) is 0 Å². The summed E-state index contributed by atoms with van der Waals surface area (Å²) in [4.78, 5) is 15.4. The Bertz CT molecular complexity index is 1050. The number of nitrogens with one attached hydrogen (secondary N) is 2. The highest BCUT2D eigenvalue weighted by Gasteiger charge is 2.17. The van der Waals surface area contributed by atoms with Crippen molar-refractivity contribution in [1.82, 2.24) is 20.4 Å². The van der Waals surface area contributed by atoms with Gasteiger partial charge in [-0.1, -0.05) is 48.9 Å². The van der Waals surface area contributed by atoms with Crippen LogP contribution >= 0.6 is 11.6 Å². The maximum atomic E-state index is 11.6. The summed E-state index contributed by atoms with van der Waals surface area (Å²) in [7, 11) is 4.08. The van der Waals surface area contributed by atoms with Crippen LogP contribution in [0.25, 0.3) is 6.08 Å². The number of carbonyl (C=O) groups excluding carboxylic acids is 1.